The van der Waals surface area contributed by atoms with Crippen molar-refractivity contribution in [2.24, 2.45) is 0 Å². The molecule has 0 aliphatic rings. The number of hydrogen-bond acceptors (Lipinski definition) is 4. The standard InChI is InChI=1S/C22H24N2O4S/c1-22(2,3)23-29(26,27)20-13-11-17(12-14-20)21(25)24(16-19-10-7-15-28-19)18-8-5-4-6-9-18/h4-15,23H,16H2,1-3H3. The van der Waals surface area contributed by atoms with Crippen LogP contribution in [0.4, 0.5) is 5.69 Å². The van der Waals surface area contributed by atoms with E-state index in [0.717, 1.165) is 5.69 Å². The van der Waals surface area contributed by atoms with Gasteiger partial charge in [0.05, 0.1) is 17.7 Å². The molecule has 1 heterocycles. The molecule has 0 radical (unpaired) electrons. The van der Waals surface area contributed by atoms with Crippen molar-refractivity contribution in [3.05, 3.63) is 84.3 Å². The van der Waals surface area contributed by atoms with Crippen molar-refractivity contribution in [1.29, 1.82) is 0 Å². The number of furan rings is 1. The van der Waals surface area contributed by atoms with Crippen LogP contribution in [-0.2, 0) is 16.6 Å². The van der Waals surface area contributed by atoms with Gasteiger partial charge in [0.2, 0.25) is 10.0 Å². The highest BCUT2D eigenvalue weighted by molar-refractivity contribution is 7.89. The van der Waals surface area contributed by atoms with Gasteiger partial charge in [-0.1, -0.05) is 18.2 Å². The van der Waals surface area contributed by atoms with Gasteiger partial charge < -0.3 is 9.32 Å². The molecule has 0 fully saturated rings. The maximum absolute atomic E-state index is 13.2. The molecule has 0 aliphatic heterocycles. The van der Waals surface area contributed by atoms with Gasteiger partial charge in [-0.3, -0.25) is 4.79 Å². The van der Waals surface area contributed by atoms with Crippen LogP contribution in [0.1, 0.15) is 36.9 Å². The quantitative estimate of drug-likeness (QED) is 0.658. The normalized spacial score (nSPS) is 12.0. The number of rotatable bonds is 6. The van der Waals surface area contributed by atoms with Crippen LogP contribution in [0.3, 0.4) is 0 Å². The van der Waals surface area contributed by atoms with Crippen LogP contribution in [0.5, 0.6) is 0 Å². The fourth-order valence-electron chi connectivity index (χ4n) is 2.84. The number of amides is 1. The zero-order valence-corrected chi connectivity index (χ0v) is 17.4. The Morgan fingerprint density at radius 3 is 2.17 bits per heavy atom. The minimum Gasteiger partial charge on any atom is -0.467 e. The molecular formula is C22H24N2O4S. The molecule has 3 aromatic rings. The van der Waals surface area contributed by atoms with E-state index in [1.807, 2.05) is 30.3 Å². The molecule has 6 nitrogen and oxygen atoms in total. The predicted molar refractivity (Wildman–Crippen MR) is 112 cm³/mol. The van der Waals surface area contributed by atoms with Gasteiger partial charge in [0.25, 0.3) is 5.91 Å². The Balaban J connectivity index is 1.88. The Labute approximate surface area is 171 Å². The number of benzene rings is 2. The summed E-state index contributed by atoms with van der Waals surface area (Å²) < 4.78 is 33.0. The third-order valence-corrected chi connectivity index (χ3v) is 5.83. The number of nitrogens with zero attached hydrogens (tertiary/aromatic N) is 1. The van der Waals surface area contributed by atoms with Crippen molar-refractivity contribution in [3.63, 3.8) is 0 Å². The highest BCUT2D eigenvalue weighted by Crippen LogP contribution is 2.21. The first-order valence-electron chi connectivity index (χ1n) is 9.19. The van der Waals surface area contributed by atoms with Crippen LogP contribution >= 0.6 is 0 Å². The second-order valence-electron chi connectivity index (χ2n) is 7.69. The molecule has 3 rings (SSSR count). The number of sulfonamides is 1. The molecule has 1 aromatic heterocycles. The minimum absolute atomic E-state index is 0.112. The molecule has 2 aromatic carbocycles. The highest BCUT2D eigenvalue weighted by atomic mass is 32.2. The van der Waals surface area contributed by atoms with Crippen molar-refractivity contribution in [2.45, 2.75) is 37.8 Å². The van der Waals surface area contributed by atoms with Crippen LogP contribution in [0.15, 0.2) is 82.3 Å². The fraction of sp³-hybridized carbons (Fsp3) is 0.227. The molecular weight excluding hydrogens is 388 g/mol. The van der Waals surface area contributed by atoms with Crippen molar-refractivity contribution in [3.8, 4) is 0 Å². The summed E-state index contributed by atoms with van der Waals surface area (Å²) in [4.78, 5) is 14.9. The number of carbonyl (C=O) groups excluding carboxylic acids is 1. The van der Waals surface area contributed by atoms with E-state index in [4.69, 9.17) is 4.42 Å². The van der Waals surface area contributed by atoms with Gasteiger partial charge in [-0.2, -0.15) is 0 Å². The SMILES string of the molecule is CC(C)(C)NS(=O)(=O)c1ccc(C(=O)N(Cc2ccco2)c2ccccc2)cc1. The first kappa shape index (κ1) is 20.8. The topological polar surface area (TPSA) is 79.6 Å². The van der Waals surface area contributed by atoms with Crippen LogP contribution < -0.4 is 9.62 Å². The van der Waals surface area contributed by atoms with Gasteiger partial charge in [0.15, 0.2) is 0 Å². The zero-order valence-electron chi connectivity index (χ0n) is 16.6. The van der Waals surface area contributed by atoms with E-state index < -0.39 is 15.6 Å². The average Bonchev–Trinajstić information content (AvgIpc) is 3.18. The molecule has 29 heavy (non-hydrogen) atoms. The smallest absolute Gasteiger partial charge is 0.258 e. The van der Waals surface area contributed by atoms with Gasteiger partial charge >= 0.3 is 0 Å². The van der Waals surface area contributed by atoms with Crippen LogP contribution in [0.25, 0.3) is 0 Å². The maximum Gasteiger partial charge on any atom is 0.258 e. The first-order chi connectivity index (χ1) is 13.7. The summed E-state index contributed by atoms with van der Waals surface area (Å²) in [6.07, 6.45) is 1.56. The number of para-hydroxylation sites is 1. The third kappa shape index (κ3) is 5.34. The monoisotopic (exact) mass is 412 g/mol. The van der Waals surface area contributed by atoms with Crippen LogP contribution in [0, 0.1) is 0 Å². The van der Waals surface area contributed by atoms with Crippen molar-refractivity contribution in [1.82, 2.24) is 4.72 Å². The molecule has 1 N–H and O–H groups in total. The summed E-state index contributed by atoms with van der Waals surface area (Å²) in [5.74, 6) is 0.399. The predicted octanol–water partition coefficient (Wildman–Crippen LogP) is 4.20. The van der Waals surface area contributed by atoms with E-state index in [-0.39, 0.29) is 17.3 Å². The molecule has 1 amide bonds. The molecule has 7 heteroatoms. The lowest BCUT2D eigenvalue weighted by molar-refractivity contribution is 0.0983. The molecule has 0 saturated carbocycles. The Morgan fingerprint density at radius 1 is 0.966 bits per heavy atom. The van der Waals surface area contributed by atoms with Crippen LogP contribution in [0.2, 0.25) is 0 Å². The molecule has 0 saturated heterocycles. The molecule has 0 bridgehead atoms. The number of anilines is 1. The Kier molecular flexibility index (Phi) is 5.91. The Bertz CT molecular complexity index is 1050. The fourth-order valence-corrected chi connectivity index (χ4v) is 4.26. The largest absolute Gasteiger partial charge is 0.467 e. The van der Waals surface area contributed by atoms with E-state index >= 15 is 0 Å². The van der Waals surface area contributed by atoms with Crippen LogP contribution in [-0.4, -0.2) is 19.9 Å². The van der Waals surface area contributed by atoms with E-state index in [0.29, 0.717) is 11.3 Å². The van der Waals surface area contributed by atoms with Gasteiger partial charge in [-0.15, -0.1) is 0 Å². The number of nitrogens with one attached hydrogen (secondary N) is 1. The van der Waals surface area contributed by atoms with E-state index in [1.165, 1.54) is 24.3 Å². The third-order valence-electron chi connectivity index (χ3n) is 4.06. The Hall–Kier alpha value is -2.90. The average molecular weight is 413 g/mol. The molecule has 152 valence electrons. The zero-order chi connectivity index (χ0) is 21.1. The Morgan fingerprint density at radius 2 is 1.62 bits per heavy atom. The molecule has 0 atom stereocenters. The summed E-state index contributed by atoms with van der Waals surface area (Å²) in [5, 5.41) is 0. The van der Waals surface area contributed by atoms with Gasteiger partial charge in [0.1, 0.15) is 5.76 Å². The second kappa shape index (κ2) is 8.23. The van der Waals surface area contributed by atoms with Gasteiger partial charge in [-0.25, -0.2) is 13.1 Å². The minimum atomic E-state index is -3.66. The first-order valence-corrected chi connectivity index (χ1v) is 10.7. The van der Waals surface area contributed by atoms with Crippen molar-refractivity contribution >= 4 is 21.6 Å². The molecule has 0 spiro atoms. The van der Waals surface area contributed by atoms with E-state index in [2.05, 4.69) is 4.72 Å². The molecule has 0 unspecified atom stereocenters. The summed E-state index contributed by atoms with van der Waals surface area (Å²) in [7, 11) is -3.66. The number of carbonyl (C=O) groups is 1. The summed E-state index contributed by atoms with van der Waals surface area (Å²) >= 11 is 0. The second-order valence-corrected chi connectivity index (χ2v) is 9.37. The summed E-state index contributed by atoms with van der Waals surface area (Å²) in [6.45, 7) is 5.58. The maximum atomic E-state index is 13.2. The van der Waals surface area contributed by atoms with E-state index in [1.54, 1.807) is 44.1 Å². The lowest BCUT2D eigenvalue weighted by Gasteiger charge is -2.22. The van der Waals surface area contributed by atoms with Crippen molar-refractivity contribution < 1.29 is 17.6 Å². The molecule has 0 aliphatic carbocycles. The highest BCUT2D eigenvalue weighted by Gasteiger charge is 2.23. The van der Waals surface area contributed by atoms with Gasteiger partial charge in [0, 0.05) is 16.8 Å². The van der Waals surface area contributed by atoms with E-state index in [9.17, 15) is 13.2 Å². The number of hydrogen-bond donors (Lipinski definition) is 1. The lowest BCUT2D eigenvalue weighted by Crippen LogP contribution is -2.40. The lowest BCUT2D eigenvalue weighted by atomic mass is 10.1. The summed E-state index contributed by atoms with van der Waals surface area (Å²) in [6, 6.07) is 18.8. The summed E-state index contributed by atoms with van der Waals surface area (Å²) in [5.41, 5.74) is 0.510. The van der Waals surface area contributed by atoms with Gasteiger partial charge in [-0.05, 0) is 69.3 Å². The van der Waals surface area contributed by atoms with Crippen molar-refractivity contribution in [2.75, 3.05) is 4.90 Å².